The maximum absolute atomic E-state index is 13.1. The topological polar surface area (TPSA) is 117 Å². The van der Waals surface area contributed by atoms with Crippen molar-refractivity contribution in [3.05, 3.63) is 90.0 Å². The van der Waals surface area contributed by atoms with Gasteiger partial charge in [0.2, 0.25) is 5.91 Å². The number of rotatable bonds is 9. The molecule has 0 aliphatic rings. The van der Waals surface area contributed by atoms with Gasteiger partial charge < -0.3 is 25.8 Å². The van der Waals surface area contributed by atoms with Crippen molar-refractivity contribution in [1.29, 1.82) is 0 Å². The minimum absolute atomic E-state index is 0.0956. The van der Waals surface area contributed by atoms with Gasteiger partial charge in [-0.3, -0.25) is 9.59 Å². The van der Waals surface area contributed by atoms with Crippen LogP contribution in [0.1, 0.15) is 29.8 Å². The van der Waals surface area contributed by atoms with Crippen LogP contribution in [0.4, 0.5) is 11.4 Å². The summed E-state index contributed by atoms with van der Waals surface area (Å²) in [6, 6.07) is 21.7. The minimum Gasteiger partial charge on any atom is -0.508 e. The number of amides is 2. The smallest absolute Gasteiger partial charge is 0.328 e. The first-order chi connectivity index (χ1) is 16.7. The molecule has 0 bridgehead atoms. The molecule has 35 heavy (non-hydrogen) atoms. The first-order valence-corrected chi connectivity index (χ1v) is 11.1. The summed E-state index contributed by atoms with van der Waals surface area (Å²) in [6.07, 6.45) is 0.159. The molecule has 0 saturated heterocycles. The Morgan fingerprint density at radius 2 is 1.54 bits per heavy atom. The molecule has 0 aromatic heterocycles. The number of carbonyl (C=O) groups is 3. The molecule has 0 saturated carbocycles. The average Bonchev–Trinajstić information content (AvgIpc) is 2.85. The van der Waals surface area contributed by atoms with Crippen LogP contribution in [0.5, 0.6) is 5.75 Å². The largest absolute Gasteiger partial charge is 0.508 e. The van der Waals surface area contributed by atoms with Gasteiger partial charge in [0.05, 0.1) is 18.4 Å². The molecule has 0 radical (unpaired) electrons. The molecule has 3 aromatic rings. The highest BCUT2D eigenvalue weighted by molar-refractivity contribution is 6.03. The molecule has 182 valence electrons. The molecule has 3 rings (SSSR count). The summed E-state index contributed by atoms with van der Waals surface area (Å²) < 4.78 is 4.85. The van der Waals surface area contributed by atoms with Crippen LogP contribution in [0.2, 0.25) is 0 Å². The first-order valence-electron chi connectivity index (χ1n) is 11.1. The number of ether oxygens (including phenoxy) is 1. The Kier molecular flexibility index (Phi) is 8.09. The molecular formula is C27H29N3O5. The fourth-order valence-corrected chi connectivity index (χ4v) is 3.42. The van der Waals surface area contributed by atoms with Gasteiger partial charge in [0.1, 0.15) is 17.3 Å². The van der Waals surface area contributed by atoms with E-state index in [0.717, 1.165) is 11.3 Å². The van der Waals surface area contributed by atoms with E-state index in [1.54, 1.807) is 44.2 Å². The van der Waals surface area contributed by atoms with Crippen molar-refractivity contribution in [2.75, 3.05) is 12.4 Å². The van der Waals surface area contributed by atoms with Crippen LogP contribution < -0.4 is 16.0 Å². The lowest BCUT2D eigenvalue weighted by Crippen LogP contribution is -2.58. The van der Waals surface area contributed by atoms with E-state index >= 15 is 0 Å². The number of hydrogen-bond acceptors (Lipinski definition) is 6. The zero-order valence-corrected chi connectivity index (χ0v) is 19.9. The number of methoxy groups -OCH3 is 1. The summed E-state index contributed by atoms with van der Waals surface area (Å²) >= 11 is 0. The van der Waals surface area contributed by atoms with Crippen molar-refractivity contribution in [2.24, 2.45) is 0 Å². The Morgan fingerprint density at radius 1 is 0.914 bits per heavy atom. The third kappa shape index (κ3) is 6.83. The van der Waals surface area contributed by atoms with Crippen molar-refractivity contribution in [2.45, 2.75) is 31.8 Å². The zero-order chi connectivity index (χ0) is 25.4. The Balaban J connectivity index is 1.72. The molecule has 0 unspecified atom stereocenters. The molecule has 8 nitrogen and oxygen atoms in total. The first kappa shape index (κ1) is 25.3. The average molecular weight is 476 g/mol. The van der Waals surface area contributed by atoms with Gasteiger partial charge in [0.25, 0.3) is 5.91 Å². The van der Waals surface area contributed by atoms with E-state index in [-0.39, 0.29) is 12.2 Å². The van der Waals surface area contributed by atoms with E-state index in [0.29, 0.717) is 11.3 Å². The highest BCUT2D eigenvalue weighted by Crippen LogP contribution is 2.21. The highest BCUT2D eigenvalue weighted by atomic mass is 16.5. The van der Waals surface area contributed by atoms with Gasteiger partial charge in [0, 0.05) is 12.1 Å². The molecule has 4 N–H and O–H groups in total. The number of anilines is 2. The lowest BCUT2D eigenvalue weighted by molar-refractivity contribution is -0.145. The van der Waals surface area contributed by atoms with E-state index < -0.39 is 29.4 Å². The second kappa shape index (κ2) is 11.2. The second-order valence-electron chi connectivity index (χ2n) is 8.54. The number of esters is 1. The Labute approximate surface area is 204 Å². The van der Waals surface area contributed by atoms with E-state index in [1.807, 2.05) is 36.4 Å². The summed E-state index contributed by atoms with van der Waals surface area (Å²) in [5, 5.41) is 18.1. The third-order valence-electron chi connectivity index (χ3n) is 5.39. The van der Waals surface area contributed by atoms with Crippen LogP contribution in [-0.4, -0.2) is 41.6 Å². The van der Waals surface area contributed by atoms with Crippen LogP contribution in [0.15, 0.2) is 78.9 Å². The van der Waals surface area contributed by atoms with Gasteiger partial charge in [-0.15, -0.1) is 0 Å². The molecular weight excluding hydrogens is 446 g/mol. The second-order valence-corrected chi connectivity index (χ2v) is 8.54. The number of nitrogens with one attached hydrogen (secondary N) is 3. The molecule has 0 fully saturated rings. The third-order valence-corrected chi connectivity index (χ3v) is 5.39. The Morgan fingerprint density at radius 3 is 2.20 bits per heavy atom. The maximum atomic E-state index is 13.1. The number of para-hydroxylation sites is 2. The number of aromatic hydroxyl groups is 1. The molecule has 0 heterocycles. The molecule has 8 heteroatoms. The van der Waals surface area contributed by atoms with Crippen molar-refractivity contribution in [1.82, 2.24) is 10.6 Å². The number of carbonyl (C=O) groups excluding carboxylic acids is 3. The SMILES string of the molecule is COC(=O)[C@H](Cc1ccc(O)cc1)NC(=O)C(C)(C)NC(=O)c1ccccc1Nc1ccccc1. The summed E-state index contributed by atoms with van der Waals surface area (Å²) in [6.45, 7) is 3.12. The summed E-state index contributed by atoms with van der Waals surface area (Å²) in [4.78, 5) is 38.5. The quantitative estimate of drug-likeness (QED) is 0.352. The van der Waals surface area contributed by atoms with Crippen molar-refractivity contribution >= 4 is 29.2 Å². The Bertz CT molecular complexity index is 1180. The molecule has 2 amide bonds. The van der Waals surface area contributed by atoms with Crippen LogP contribution >= 0.6 is 0 Å². The van der Waals surface area contributed by atoms with Crippen molar-refractivity contribution < 1.29 is 24.2 Å². The Hall–Kier alpha value is -4.33. The predicted molar refractivity (Wildman–Crippen MR) is 133 cm³/mol. The van der Waals surface area contributed by atoms with Crippen molar-refractivity contribution in [3.8, 4) is 5.75 Å². The number of hydrogen-bond donors (Lipinski definition) is 4. The van der Waals surface area contributed by atoms with E-state index in [4.69, 9.17) is 4.74 Å². The maximum Gasteiger partial charge on any atom is 0.328 e. The van der Waals surface area contributed by atoms with Crippen LogP contribution in [0.25, 0.3) is 0 Å². The standard InChI is InChI=1S/C27H29N3O5/c1-27(2,26(34)29-23(25(33)35-3)17-18-13-15-20(31)16-14-18)30-24(32)21-11-7-8-12-22(21)28-19-9-5-4-6-10-19/h4-16,23,28,31H,17H2,1-3H3,(H,29,34)(H,30,32)/t23-/m0/s1. The van der Waals surface area contributed by atoms with Gasteiger partial charge in [-0.1, -0.05) is 42.5 Å². The van der Waals surface area contributed by atoms with E-state index in [2.05, 4.69) is 16.0 Å². The molecule has 0 aliphatic carbocycles. The van der Waals surface area contributed by atoms with Gasteiger partial charge >= 0.3 is 5.97 Å². The molecule has 1 atom stereocenters. The molecule has 3 aromatic carbocycles. The fraction of sp³-hybridized carbons (Fsp3) is 0.222. The van der Waals surface area contributed by atoms with Crippen LogP contribution in [-0.2, 0) is 20.7 Å². The lowest BCUT2D eigenvalue weighted by atomic mass is 10.00. The number of benzene rings is 3. The zero-order valence-electron chi connectivity index (χ0n) is 19.9. The fourth-order valence-electron chi connectivity index (χ4n) is 3.42. The van der Waals surface area contributed by atoms with E-state index in [9.17, 15) is 19.5 Å². The predicted octanol–water partition coefficient (Wildman–Crippen LogP) is 3.54. The minimum atomic E-state index is -1.34. The number of phenols is 1. The van der Waals surface area contributed by atoms with E-state index in [1.165, 1.54) is 19.2 Å². The normalized spacial score (nSPS) is 11.7. The summed E-state index contributed by atoms with van der Waals surface area (Å²) in [7, 11) is 1.24. The highest BCUT2D eigenvalue weighted by Gasteiger charge is 2.34. The van der Waals surface area contributed by atoms with Gasteiger partial charge in [-0.05, 0) is 55.8 Å². The lowest BCUT2D eigenvalue weighted by Gasteiger charge is -2.28. The van der Waals surface area contributed by atoms with Crippen LogP contribution in [0, 0.1) is 0 Å². The molecule has 0 aliphatic heterocycles. The van der Waals surface area contributed by atoms with Gasteiger partial charge in [-0.25, -0.2) is 4.79 Å². The van der Waals surface area contributed by atoms with Gasteiger partial charge in [-0.2, -0.15) is 0 Å². The molecule has 0 spiro atoms. The van der Waals surface area contributed by atoms with Crippen LogP contribution in [0.3, 0.4) is 0 Å². The summed E-state index contributed by atoms with van der Waals surface area (Å²) in [5.41, 5.74) is 1.16. The number of phenolic OH excluding ortho intramolecular Hbond substituents is 1. The van der Waals surface area contributed by atoms with Crippen molar-refractivity contribution in [3.63, 3.8) is 0 Å². The van der Waals surface area contributed by atoms with Gasteiger partial charge in [0.15, 0.2) is 0 Å². The summed E-state index contributed by atoms with van der Waals surface area (Å²) in [5.74, 6) is -1.52. The monoisotopic (exact) mass is 475 g/mol.